The van der Waals surface area contributed by atoms with E-state index in [-0.39, 0.29) is 23.2 Å². The zero-order valence-corrected chi connectivity index (χ0v) is 14.3. The Kier molecular flexibility index (Phi) is 5.01. The van der Waals surface area contributed by atoms with Gasteiger partial charge in [0.1, 0.15) is 12.1 Å². The van der Waals surface area contributed by atoms with Gasteiger partial charge in [0, 0.05) is 11.6 Å². The van der Waals surface area contributed by atoms with E-state index in [1.165, 1.54) is 6.07 Å². The minimum atomic E-state index is -4.94. The lowest BCUT2D eigenvalue weighted by atomic mass is 10.0. The number of aromatic nitrogens is 2. The lowest BCUT2D eigenvalue weighted by Gasteiger charge is -2.14. The molecular weight excluding hydrogens is 386 g/mol. The number of rotatable bonds is 3. The van der Waals surface area contributed by atoms with Gasteiger partial charge in [0.15, 0.2) is 0 Å². The zero-order chi connectivity index (χ0) is 20.5. The molecule has 0 bridgehead atoms. The highest BCUT2D eigenvalue weighted by molar-refractivity contribution is 5.62. The quantitative estimate of drug-likeness (QED) is 0.487. The summed E-state index contributed by atoms with van der Waals surface area (Å²) in [6, 6.07) is 9.36. The maximum absolute atomic E-state index is 13.0. The first kappa shape index (κ1) is 19.7. The van der Waals surface area contributed by atoms with Gasteiger partial charge >= 0.3 is 12.4 Å². The van der Waals surface area contributed by atoms with Crippen LogP contribution in [0.15, 0.2) is 54.9 Å². The lowest BCUT2D eigenvalue weighted by Crippen LogP contribution is -2.11. The minimum Gasteiger partial charge on any atom is -0.439 e. The van der Waals surface area contributed by atoms with Crippen LogP contribution < -0.4 is 4.74 Å². The second-order valence-corrected chi connectivity index (χ2v) is 5.95. The van der Waals surface area contributed by atoms with E-state index in [1.54, 1.807) is 18.2 Å². The fourth-order valence-corrected chi connectivity index (χ4v) is 2.46. The number of ether oxygens (including phenoxy) is 1. The highest BCUT2D eigenvalue weighted by Crippen LogP contribution is 2.38. The van der Waals surface area contributed by atoms with Gasteiger partial charge in [-0.2, -0.15) is 26.3 Å². The molecule has 0 saturated heterocycles. The summed E-state index contributed by atoms with van der Waals surface area (Å²) in [5.74, 6) is 0.409. The number of alkyl halides is 6. The number of benzene rings is 2. The highest BCUT2D eigenvalue weighted by Gasteiger charge is 2.37. The predicted octanol–water partition coefficient (Wildman–Crippen LogP) is 6.28. The first-order valence-corrected chi connectivity index (χ1v) is 7.89. The van der Waals surface area contributed by atoms with Crippen LogP contribution in [0.4, 0.5) is 26.3 Å². The molecule has 28 heavy (non-hydrogen) atoms. The molecule has 9 heteroatoms. The normalized spacial score (nSPS) is 12.1. The van der Waals surface area contributed by atoms with Crippen LogP contribution in [0.25, 0.3) is 11.3 Å². The number of nitrogens with zero attached hydrogens (tertiary/aromatic N) is 2. The summed E-state index contributed by atoms with van der Waals surface area (Å²) in [7, 11) is 0. The second kappa shape index (κ2) is 7.14. The van der Waals surface area contributed by atoms with Crippen molar-refractivity contribution in [2.45, 2.75) is 19.3 Å². The molecule has 0 aliphatic carbocycles. The Morgan fingerprint density at radius 2 is 1.43 bits per heavy atom. The summed E-state index contributed by atoms with van der Waals surface area (Å²) >= 11 is 0. The molecule has 1 aromatic heterocycles. The van der Waals surface area contributed by atoms with Gasteiger partial charge in [-0.05, 0) is 42.8 Å². The molecule has 0 radical (unpaired) electrons. The van der Waals surface area contributed by atoms with E-state index in [0.29, 0.717) is 17.9 Å². The Bertz CT molecular complexity index is 966. The van der Waals surface area contributed by atoms with E-state index >= 15 is 0 Å². The van der Waals surface area contributed by atoms with Gasteiger partial charge in [0.2, 0.25) is 5.88 Å². The Morgan fingerprint density at radius 3 is 2.00 bits per heavy atom. The summed E-state index contributed by atoms with van der Waals surface area (Å²) in [6.45, 7) is 1.83. The van der Waals surface area contributed by atoms with E-state index < -0.39 is 23.5 Å². The molecule has 3 rings (SSSR count). The van der Waals surface area contributed by atoms with Crippen molar-refractivity contribution in [1.82, 2.24) is 9.97 Å². The third-order valence-electron chi connectivity index (χ3n) is 3.74. The Hall–Kier alpha value is -3.10. The lowest BCUT2D eigenvalue weighted by molar-refractivity contribution is -0.143. The van der Waals surface area contributed by atoms with Gasteiger partial charge in [-0.15, -0.1) is 0 Å². The molecule has 0 unspecified atom stereocenters. The van der Waals surface area contributed by atoms with E-state index in [2.05, 4.69) is 9.97 Å². The molecule has 146 valence electrons. The number of hydrogen-bond acceptors (Lipinski definition) is 3. The average molecular weight is 398 g/mol. The van der Waals surface area contributed by atoms with Crippen LogP contribution in [0.3, 0.4) is 0 Å². The largest absolute Gasteiger partial charge is 0.439 e. The standard InChI is InChI=1S/C19H12F6N2O/c1-11-3-2-4-15(5-11)28-17-9-16(26-10-27-17)12-6-13(18(20,21)22)8-14(7-12)19(23,24)25/h2-10H,1H3. The molecule has 1 heterocycles. The molecule has 0 saturated carbocycles. The molecule has 0 N–H and O–H groups in total. The molecule has 0 amide bonds. The van der Waals surface area contributed by atoms with E-state index in [4.69, 9.17) is 4.74 Å². The van der Waals surface area contributed by atoms with Crippen LogP contribution in [0, 0.1) is 6.92 Å². The average Bonchev–Trinajstić information content (AvgIpc) is 2.60. The van der Waals surface area contributed by atoms with Crippen molar-refractivity contribution in [3.05, 3.63) is 71.5 Å². The summed E-state index contributed by atoms with van der Waals surface area (Å²) in [4.78, 5) is 7.64. The van der Waals surface area contributed by atoms with Crippen molar-refractivity contribution < 1.29 is 31.1 Å². The molecule has 3 aromatic rings. The fourth-order valence-electron chi connectivity index (χ4n) is 2.46. The SMILES string of the molecule is Cc1cccc(Oc2cc(-c3cc(C(F)(F)F)cc(C(F)(F)F)c3)ncn2)c1. The van der Waals surface area contributed by atoms with Crippen molar-refractivity contribution in [2.24, 2.45) is 0 Å². The van der Waals surface area contributed by atoms with Crippen LogP contribution in [0.5, 0.6) is 11.6 Å². The van der Waals surface area contributed by atoms with Crippen LogP contribution in [0.1, 0.15) is 16.7 Å². The molecule has 3 nitrogen and oxygen atoms in total. The molecule has 0 aliphatic heterocycles. The Labute approximate surface area is 155 Å². The second-order valence-electron chi connectivity index (χ2n) is 5.95. The topological polar surface area (TPSA) is 35.0 Å². The van der Waals surface area contributed by atoms with Crippen molar-refractivity contribution in [3.8, 4) is 22.9 Å². The zero-order valence-electron chi connectivity index (χ0n) is 14.3. The van der Waals surface area contributed by atoms with Crippen molar-refractivity contribution in [2.75, 3.05) is 0 Å². The maximum Gasteiger partial charge on any atom is 0.416 e. The summed E-state index contributed by atoms with van der Waals surface area (Å²) in [6.07, 6.45) is -8.87. The van der Waals surface area contributed by atoms with Gasteiger partial charge in [-0.3, -0.25) is 0 Å². The number of halogens is 6. The van der Waals surface area contributed by atoms with Crippen molar-refractivity contribution in [3.63, 3.8) is 0 Å². The summed E-state index contributed by atoms with van der Waals surface area (Å²) in [5, 5.41) is 0. The first-order valence-electron chi connectivity index (χ1n) is 7.89. The van der Waals surface area contributed by atoms with E-state index in [9.17, 15) is 26.3 Å². The Morgan fingerprint density at radius 1 is 0.786 bits per heavy atom. The third-order valence-corrected chi connectivity index (χ3v) is 3.74. The van der Waals surface area contributed by atoms with Crippen molar-refractivity contribution in [1.29, 1.82) is 0 Å². The number of aryl methyl sites for hydroxylation is 1. The predicted molar refractivity (Wildman–Crippen MR) is 88.7 cm³/mol. The molecule has 2 aromatic carbocycles. The summed E-state index contributed by atoms with van der Waals surface area (Å²) < 4.78 is 83.7. The van der Waals surface area contributed by atoms with E-state index in [1.807, 2.05) is 13.0 Å². The molecule has 0 atom stereocenters. The van der Waals surface area contributed by atoms with Crippen LogP contribution >= 0.6 is 0 Å². The smallest absolute Gasteiger partial charge is 0.416 e. The van der Waals surface area contributed by atoms with E-state index in [0.717, 1.165) is 11.9 Å². The van der Waals surface area contributed by atoms with Gasteiger partial charge in [0.05, 0.1) is 16.8 Å². The molecule has 0 fully saturated rings. The Balaban J connectivity index is 2.03. The van der Waals surface area contributed by atoms with Gasteiger partial charge < -0.3 is 4.74 Å². The maximum atomic E-state index is 13.0. The molecule has 0 spiro atoms. The van der Waals surface area contributed by atoms with Crippen LogP contribution in [-0.2, 0) is 12.4 Å². The monoisotopic (exact) mass is 398 g/mol. The van der Waals surface area contributed by atoms with Crippen LogP contribution in [-0.4, -0.2) is 9.97 Å². The van der Waals surface area contributed by atoms with Gasteiger partial charge in [0.25, 0.3) is 0 Å². The first-order chi connectivity index (χ1) is 13.0. The molecule has 0 aliphatic rings. The van der Waals surface area contributed by atoms with Gasteiger partial charge in [-0.1, -0.05) is 12.1 Å². The fraction of sp³-hybridized carbons (Fsp3) is 0.158. The van der Waals surface area contributed by atoms with Gasteiger partial charge in [-0.25, -0.2) is 9.97 Å². The van der Waals surface area contributed by atoms with Crippen molar-refractivity contribution >= 4 is 0 Å². The molecular formula is C19H12F6N2O. The highest BCUT2D eigenvalue weighted by atomic mass is 19.4. The third kappa shape index (κ3) is 4.59. The summed E-state index contributed by atoms with van der Waals surface area (Å²) in [5.41, 5.74) is -2.42. The number of hydrogen-bond donors (Lipinski definition) is 0. The minimum absolute atomic E-state index is 0.0124. The van der Waals surface area contributed by atoms with Crippen LogP contribution in [0.2, 0.25) is 0 Å².